The van der Waals surface area contributed by atoms with Crippen molar-refractivity contribution in [1.29, 1.82) is 0 Å². The van der Waals surface area contributed by atoms with Crippen molar-refractivity contribution in [3.63, 3.8) is 0 Å². The van der Waals surface area contributed by atoms with E-state index < -0.39 is 4.92 Å². The number of methoxy groups -OCH3 is 1. The Bertz CT molecular complexity index is 681. The summed E-state index contributed by atoms with van der Waals surface area (Å²) in [5.74, 6) is 0.253. The number of carbonyl (C=O) groups excluding carboxylic acids is 1. The average molecular weight is 314 g/mol. The Kier molecular flexibility index (Phi) is 5.30. The number of nitro groups is 1. The second-order valence-corrected chi connectivity index (χ2v) is 5.14. The lowest BCUT2D eigenvalue weighted by molar-refractivity contribution is -0.384. The van der Waals surface area contributed by atoms with Gasteiger partial charge in [-0.15, -0.1) is 0 Å². The molecule has 6 nitrogen and oxygen atoms in total. The molecule has 0 fully saturated rings. The molecular weight excluding hydrogens is 296 g/mol. The van der Waals surface area contributed by atoms with E-state index in [1.165, 1.54) is 12.1 Å². The van der Waals surface area contributed by atoms with Gasteiger partial charge < -0.3 is 10.1 Å². The molecule has 0 radical (unpaired) electrons. The standard InChI is InChI=1S/C17H18N2O4/c1-12(14-5-7-15(8-6-14)19(21)22)17(20)18-11-13-3-9-16(23-2)10-4-13/h3-10,12H,11H2,1-2H3,(H,18,20)/t12-/m1/s1. The lowest BCUT2D eigenvalue weighted by Gasteiger charge is -2.12. The molecule has 0 bridgehead atoms. The summed E-state index contributed by atoms with van der Waals surface area (Å²) in [5.41, 5.74) is 1.72. The first-order valence-electron chi connectivity index (χ1n) is 7.16. The maximum Gasteiger partial charge on any atom is 0.269 e. The summed E-state index contributed by atoms with van der Waals surface area (Å²) in [6.45, 7) is 2.19. The van der Waals surface area contributed by atoms with E-state index in [0.29, 0.717) is 6.54 Å². The number of carbonyl (C=O) groups is 1. The predicted molar refractivity (Wildman–Crippen MR) is 86.4 cm³/mol. The fraction of sp³-hybridized carbons (Fsp3) is 0.235. The van der Waals surface area contributed by atoms with Crippen molar-refractivity contribution < 1.29 is 14.5 Å². The molecule has 2 aromatic carbocycles. The van der Waals surface area contributed by atoms with Gasteiger partial charge in [-0.2, -0.15) is 0 Å². The second kappa shape index (κ2) is 7.40. The number of hydrogen-bond acceptors (Lipinski definition) is 4. The van der Waals surface area contributed by atoms with Gasteiger partial charge in [0.05, 0.1) is 18.0 Å². The molecule has 0 unspecified atom stereocenters. The minimum Gasteiger partial charge on any atom is -0.497 e. The third-order valence-electron chi connectivity index (χ3n) is 3.62. The largest absolute Gasteiger partial charge is 0.497 e. The molecule has 2 aromatic rings. The molecule has 0 spiro atoms. The Hall–Kier alpha value is -2.89. The summed E-state index contributed by atoms with van der Waals surface area (Å²) < 4.78 is 5.08. The van der Waals surface area contributed by atoms with Crippen molar-refractivity contribution >= 4 is 11.6 Å². The van der Waals surface area contributed by atoms with E-state index in [1.807, 2.05) is 24.3 Å². The van der Waals surface area contributed by atoms with Crippen LogP contribution >= 0.6 is 0 Å². The molecule has 120 valence electrons. The third kappa shape index (κ3) is 4.29. The molecule has 0 saturated carbocycles. The molecule has 0 aliphatic rings. The van der Waals surface area contributed by atoms with Crippen molar-refractivity contribution in [1.82, 2.24) is 5.32 Å². The molecule has 0 aliphatic carbocycles. The van der Waals surface area contributed by atoms with Crippen LogP contribution in [0.4, 0.5) is 5.69 Å². The normalized spacial score (nSPS) is 11.6. The maximum atomic E-state index is 12.2. The smallest absolute Gasteiger partial charge is 0.269 e. The van der Waals surface area contributed by atoms with Gasteiger partial charge in [0.15, 0.2) is 0 Å². The minimum absolute atomic E-state index is 0.0135. The second-order valence-electron chi connectivity index (χ2n) is 5.14. The number of amides is 1. The summed E-state index contributed by atoms with van der Waals surface area (Å²) >= 11 is 0. The topological polar surface area (TPSA) is 81.5 Å². The van der Waals surface area contributed by atoms with E-state index >= 15 is 0 Å². The first-order valence-corrected chi connectivity index (χ1v) is 7.16. The monoisotopic (exact) mass is 314 g/mol. The van der Waals surface area contributed by atoms with Crippen LogP contribution in [0.5, 0.6) is 5.75 Å². The van der Waals surface area contributed by atoms with E-state index in [-0.39, 0.29) is 17.5 Å². The van der Waals surface area contributed by atoms with Crippen molar-refractivity contribution in [2.24, 2.45) is 0 Å². The van der Waals surface area contributed by atoms with Gasteiger partial charge in [-0.05, 0) is 30.2 Å². The van der Waals surface area contributed by atoms with Gasteiger partial charge in [-0.1, -0.05) is 24.3 Å². The van der Waals surface area contributed by atoms with Gasteiger partial charge in [0.1, 0.15) is 5.75 Å². The summed E-state index contributed by atoms with van der Waals surface area (Å²) in [4.78, 5) is 22.4. The van der Waals surface area contributed by atoms with Crippen LogP contribution in [0.15, 0.2) is 48.5 Å². The molecule has 0 heterocycles. The number of benzene rings is 2. The molecule has 0 saturated heterocycles. The molecule has 1 amide bonds. The van der Waals surface area contributed by atoms with Crippen molar-refractivity contribution in [3.8, 4) is 5.75 Å². The van der Waals surface area contributed by atoms with Crippen LogP contribution in [0.3, 0.4) is 0 Å². The Morgan fingerprint density at radius 2 is 1.78 bits per heavy atom. The number of rotatable bonds is 6. The zero-order chi connectivity index (χ0) is 16.8. The maximum absolute atomic E-state index is 12.2. The third-order valence-corrected chi connectivity index (χ3v) is 3.62. The minimum atomic E-state index is -0.460. The van der Waals surface area contributed by atoms with Crippen LogP contribution in [0.2, 0.25) is 0 Å². The Balaban J connectivity index is 1.94. The lowest BCUT2D eigenvalue weighted by Crippen LogP contribution is -2.27. The van der Waals surface area contributed by atoms with E-state index in [0.717, 1.165) is 16.9 Å². The van der Waals surface area contributed by atoms with E-state index in [9.17, 15) is 14.9 Å². The van der Waals surface area contributed by atoms with Gasteiger partial charge >= 0.3 is 0 Å². The van der Waals surface area contributed by atoms with Crippen LogP contribution in [-0.4, -0.2) is 17.9 Å². The van der Waals surface area contributed by atoms with Crippen LogP contribution in [0.25, 0.3) is 0 Å². The zero-order valence-electron chi connectivity index (χ0n) is 13.0. The molecule has 0 aliphatic heterocycles. The average Bonchev–Trinajstić information content (AvgIpc) is 2.59. The molecule has 0 aromatic heterocycles. The predicted octanol–water partition coefficient (Wildman–Crippen LogP) is 3.02. The molecule has 2 rings (SSSR count). The lowest BCUT2D eigenvalue weighted by atomic mass is 10.00. The van der Waals surface area contributed by atoms with Gasteiger partial charge in [-0.3, -0.25) is 14.9 Å². The van der Waals surface area contributed by atoms with Crippen molar-refractivity contribution in [2.75, 3.05) is 7.11 Å². The van der Waals surface area contributed by atoms with Gasteiger partial charge in [-0.25, -0.2) is 0 Å². The summed E-state index contributed by atoms with van der Waals surface area (Å²) in [7, 11) is 1.60. The number of nitrogens with zero attached hydrogens (tertiary/aromatic N) is 1. The van der Waals surface area contributed by atoms with Gasteiger partial charge in [0, 0.05) is 18.7 Å². The Morgan fingerprint density at radius 1 is 1.17 bits per heavy atom. The highest BCUT2D eigenvalue weighted by atomic mass is 16.6. The number of nitrogens with one attached hydrogen (secondary N) is 1. The summed E-state index contributed by atoms with van der Waals surface area (Å²) in [5, 5.41) is 13.5. The molecule has 1 atom stereocenters. The fourth-order valence-electron chi connectivity index (χ4n) is 2.12. The van der Waals surface area contributed by atoms with Gasteiger partial charge in [0.2, 0.25) is 5.91 Å². The highest BCUT2D eigenvalue weighted by Crippen LogP contribution is 2.19. The van der Waals surface area contributed by atoms with E-state index in [2.05, 4.69) is 5.32 Å². The van der Waals surface area contributed by atoms with Crippen LogP contribution in [0, 0.1) is 10.1 Å². The van der Waals surface area contributed by atoms with Crippen molar-refractivity contribution in [2.45, 2.75) is 19.4 Å². The van der Waals surface area contributed by atoms with E-state index in [1.54, 1.807) is 26.2 Å². The molecular formula is C17H18N2O4. The number of hydrogen-bond donors (Lipinski definition) is 1. The summed E-state index contributed by atoms with van der Waals surface area (Å²) in [6.07, 6.45) is 0. The van der Waals surface area contributed by atoms with Crippen LogP contribution < -0.4 is 10.1 Å². The van der Waals surface area contributed by atoms with Crippen LogP contribution in [-0.2, 0) is 11.3 Å². The van der Waals surface area contributed by atoms with E-state index in [4.69, 9.17) is 4.74 Å². The number of nitro benzene ring substituents is 1. The molecule has 23 heavy (non-hydrogen) atoms. The number of ether oxygens (including phenoxy) is 1. The SMILES string of the molecule is COc1ccc(CNC(=O)[C@H](C)c2ccc([N+](=O)[O-])cc2)cc1. The quantitative estimate of drug-likeness (QED) is 0.656. The zero-order valence-corrected chi connectivity index (χ0v) is 13.0. The highest BCUT2D eigenvalue weighted by molar-refractivity contribution is 5.83. The Labute approximate surface area is 134 Å². The molecule has 6 heteroatoms. The number of non-ortho nitro benzene ring substituents is 1. The summed E-state index contributed by atoms with van der Waals surface area (Å²) in [6, 6.07) is 13.5. The fourth-order valence-corrected chi connectivity index (χ4v) is 2.12. The van der Waals surface area contributed by atoms with Crippen molar-refractivity contribution in [3.05, 3.63) is 69.8 Å². The van der Waals surface area contributed by atoms with Crippen LogP contribution in [0.1, 0.15) is 24.0 Å². The first-order chi connectivity index (χ1) is 11.0. The highest BCUT2D eigenvalue weighted by Gasteiger charge is 2.16. The molecule has 1 N–H and O–H groups in total. The first kappa shape index (κ1) is 16.5. The van der Waals surface area contributed by atoms with Gasteiger partial charge in [0.25, 0.3) is 5.69 Å². The Morgan fingerprint density at radius 3 is 2.30 bits per heavy atom.